The van der Waals surface area contributed by atoms with Crippen molar-refractivity contribution in [1.82, 2.24) is 24.9 Å². The van der Waals surface area contributed by atoms with Gasteiger partial charge in [0.1, 0.15) is 5.60 Å². The Morgan fingerprint density at radius 1 is 0.746 bits per heavy atom. The van der Waals surface area contributed by atoms with Gasteiger partial charge in [0.2, 0.25) is 5.91 Å². The molecule has 2 aromatic heterocycles. The summed E-state index contributed by atoms with van der Waals surface area (Å²) < 4.78 is 5.90. The van der Waals surface area contributed by atoms with Gasteiger partial charge in [-0.25, -0.2) is 24.8 Å². The van der Waals surface area contributed by atoms with Crippen molar-refractivity contribution in [3.63, 3.8) is 0 Å². The summed E-state index contributed by atoms with van der Waals surface area (Å²) >= 11 is 25.4. The molecule has 0 aliphatic carbocycles. The summed E-state index contributed by atoms with van der Waals surface area (Å²) in [4.78, 5) is 82.5. The monoisotopic (exact) mass is 878 g/mol. The van der Waals surface area contributed by atoms with Gasteiger partial charge in [0, 0.05) is 12.2 Å². The number of nitrogens with one attached hydrogen (secondary N) is 3. The summed E-state index contributed by atoms with van der Waals surface area (Å²) in [7, 11) is 0. The first-order valence-electron chi connectivity index (χ1n) is 18.2. The molecule has 3 amide bonds. The van der Waals surface area contributed by atoms with Crippen LogP contribution in [0.2, 0.25) is 20.1 Å². The van der Waals surface area contributed by atoms with E-state index < -0.39 is 40.9 Å². The predicted molar refractivity (Wildman–Crippen MR) is 230 cm³/mol. The second-order valence-corrected chi connectivity index (χ2v) is 16.1. The minimum Gasteiger partial charge on any atom is -0.442 e. The van der Waals surface area contributed by atoms with E-state index >= 15 is 4.79 Å². The number of aromatic nitrogens is 4. The molecule has 0 fully saturated rings. The zero-order valence-corrected chi connectivity index (χ0v) is 34.9. The van der Waals surface area contributed by atoms with E-state index in [1.807, 2.05) is 0 Å². The van der Waals surface area contributed by atoms with Gasteiger partial charge in [0.05, 0.1) is 72.1 Å². The Labute approximate surface area is 357 Å². The number of carbonyl (C=O) groups excluding carboxylic acids is 3. The van der Waals surface area contributed by atoms with E-state index in [0.717, 1.165) is 10.0 Å². The highest BCUT2D eigenvalue weighted by molar-refractivity contribution is 6.42. The van der Waals surface area contributed by atoms with Crippen molar-refractivity contribution in [2.24, 2.45) is 5.73 Å². The lowest BCUT2D eigenvalue weighted by Crippen LogP contribution is -2.54. The first-order chi connectivity index (χ1) is 28.0. The topological polar surface area (TPSA) is 196 Å². The van der Waals surface area contributed by atoms with Crippen LogP contribution in [0.25, 0.3) is 21.8 Å². The fourth-order valence-corrected chi connectivity index (χ4v) is 7.06. The molecule has 5 N–H and O–H groups in total. The van der Waals surface area contributed by atoms with Crippen LogP contribution in [0, 0.1) is 0 Å². The average molecular weight is 881 g/mol. The van der Waals surface area contributed by atoms with Crippen molar-refractivity contribution in [3.8, 4) is 0 Å². The molecule has 18 heteroatoms. The van der Waals surface area contributed by atoms with Crippen molar-refractivity contribution in [2.75, 3.05) is 23.4 Å². The molecular weight excluding hydrogens is 842 g/mol. The number of benzene rings is 4. The van der Waals surface area contributed by atoms with Crippen LogP contribution < -0.4 is 27.2 Å². The molecular formula is C41H38Cl4N8O6. The van der Waals surface area contributed by atoms with Crippen LogP contribution in [0.1, 0.15) is 56.6 Å². The molecule has 2 unspecified atom stereocenters. The van der Waals surface area contributed by atoms with Gasteiger partial charge < -0.3 is 25.8 Å². The summed E-state index contributed by atoms with van der Waals surface area (Å²) in [5.74, 6) is -3.11. The van der Waals surface area contributed by atoms with Crippen LogP contribution in [0.4, 0.5) is 16.2 Å². The van der Waals surface area contributed by atoms with Gasteiger partial charge in [-0.1, -0.05) is 58.5 Å². The Kier molecular flexibility index (Phi) is 13.3. The first-order valence-corrected chi connectivity index (χ1v) is 19.8. The molecule has 0 aliphatic heterocycles. The summed E-state index contributed by atoms with van der Waals surface area (Å²) in [5.41, 5.74) is 6.29. The number of fused-ring (bicyclic) bond motifs is 2. The van der Waals surface area contributed by atoms with E-state index in [9.17, 15) is 19.2 Å². The van der Waals surface area contributed by atoms with Gasteiger partial charge in [-0.15, -0.1) is 0 Å². The Hall–Kier alpha value is -5.51. The van der Waals surface area contributed by atoms with Crippen molar-refractivity contribution < 1.29 is 19.1 Å². The van der Waals surface area contributed by atoms with E-state index in [4.69, 9.17) is 56.9 Å². The van der Waals surface area contributed by atoms with Gasteiger partial charge in [-0.2, -0.15) is 0 Å². The van der Waals surface area contributed by atoms with Crippen LogP contribution >= 0.6 is 46.4 Å². The van der Waals surface area contributed by atoms with Crippen molar-refractivity contribution in [1.29, 1.82) is 0 Å². The van der Waals surface area contributed by atoms with E-state index in [0.29, 0.717) is 27.7 Å². The predicted octanol–water partition coefficient (Wildman–Crippen LogP) is 8.20. The fraction of sp³-hybridized carbons (Fsp3) is 0.244. The number of hydrazine groups is 1. The molecule has 6 aromatic rings. The maximum Gasteiger partial charge on any atom is 0.429 e. The van der Waals surface area contributed by atoms with Crippen LogP contribution in [0.3, 0.4) is 0 Å². The zero-order valence-electron chi connectivity index (χ0n) is 31.9. The van der Waals surface area contributed by atoms with Gasteiger partial charge in [0.25, 0.3) is 17.0 Å². The van der Waals surface area contributed by atoms with E-state index in [2.05, 4.69) is 25.3 Å². The second-order valence-electron chi connectivity index (χ2n) is 14.5. The lowest BCUT2D eigenvalue weighted by Gasteiger charge is -2.38. The quantitative estimate of drug-likeness (QED) is 0.0928. The highest BCUT2D eigenvalue weighted by Crippen LogP contribution is 2.34. The minimum absolute atomic E-state index is 0.0732. The molecule has 4 aromatic carbocycles. The number of nitrogens with zero attached hydrogens (tertiary/aromatic N) is 4. The Balaban J connectivity index is 1.47. The summed E-state index contributed by atoms with van der Waals surface area (Å²) in [5, 5.41) is 6.62. The normalized spacial score (nSPS) is 12.5. The third kappa shape index (κ3) is 10.0. The highest BCUT2D eigenvalue weighted by Gasteiger charge is 2.37. The van der Waals surface area contributed by atoms with Gasteiger partial charge in [-0.3, -0.25) is 19.2 Å². The van der Waals surface area contributed by atoms with Crippen LogP contribution in [0.5, 0.6) is 0 Å². The molecule has 0 saturated heterocycles. The van der Waals surface area contributed by atoms with E-state index in [1.54, 1.807) is 69.3 Å². The zero-order chi connectivity index (χ0) is 42.6. The number of halogens is 4. The van der Waals surface area contributed by atoms with Gasteiger partial charge in [-0.05, 0) is 112 Å². The first kappa shape index (κ1) is 43.1. The Bertz CT molecular complexity index is 2680. The largest absolute Gasteiger partial charge is 0.442 e. The molecule has 0 spiro atoms. The molecule has 2 heterocycles. The number of rotatable bonds is 11. The van der Waals surface area contributed by atoms with Gasteiger partial charge in [0.15, 0.2) is 0 Å². The lowest BCUT2D eigenvalue weighted by atomic mass is 9.93. The van der Waals surface area contributed by atoms with Crippen LogP contribution in [0.15, 0.2) is 95.0 Å². The smallest absolute Gasteiger partial charge is 0.429 e. The summed E-state index contributed by atoms with van der Waals surface area (Å²) in [6, 6.07) is 18.6. The molecule has 0 radical (unpaired) electrons. The summed E-state index contributed by atoms with van der Waals surface area (Å²) in [6.07, 6.45) is 1.59. The highest BCUT2D eigenvalue weighted by atomic mass is 35.5. The Morgan fingerprint density at radius 3 is 1.86 bits per heavy atom. The number of aromatic amines is 2. The molecule has 306 valence electrons. The number of carbonyl (C=O) groups is 3. The Morgan fingerprint density at radius 2 is 1.31 bits per heavy atom. The molecule has 0 aliphatic rings. The number of hydrogen-bond donors (Lipinski definition) is 4. The van der Waals surface area contributed by atoms with Crippen molar-refractivity contribution in [3.05, 3.63) is 137 Å². The number of amides is 3. The fourth-order valence-electron chi connectivity index (χ4n) is 6.44. The van der Waals surface area contributed by atoms with Crippen molar-refractivity contribution >= 4 is 97.5 Å². The van der Waals surface area contributed by atoms with Crippen molar-refractivity contribution in [2.45, 2.75) is 51.0 Å². The maximum atomic E-state index is 15.2. The maximum absolute atomic E-state index is 15.2. The van der Waals surface area contributed by atoms with Crippen LogP contribution in [-0.4, -0.2) is 61.5 Å². The van der Waals surface area contributed by atoms with E-state index in [-0.39, 0.29) is 68.2 Å². The second kappa shape index (κ2) is 18.2. The lowest BCUT2D eigenvalue weighted by molar-refractivity contribution is -0.123. The third-order valence-electron chi connectivity index (χ3n) is 9.22. The summed E-state index contributed by atoms with van der Waals surface area (Å²) in [6.45, 7) is 4.81. The number of H-pyrrole nitrogens is 2. The standard InChI is InChI=1S/C41H38Cl4N8O6/c1-41(2,3)59-40(58)52(15-13-26(22-4-10-30(42)32(44)16-22)38(56)51-24-6-8-28-34(18-24)47-20-49-36(28)54)53(25-7-9-29-35(19-25)48-21-50-37(29)55)39(57)27(12-14-46)23-5-11-31(43)33(45)17-23/h4-11,16-21,26-27H,12-15,46H2,1-3H3,(H,51,56)(H,47,49,54)(H,48,50,55). The average Bonchev–Trinajstić information content (AvgIpc) is 3.18. The molecule has 14 nitrogen and oxygen atoms in total. The SMILES string of the molecule is CC(C)(C)OC(=O)N(CCC(C(=O)Nc1ccc2c(=O)[nH]cnc2c1)c1ccc(Cl)c(Cl)c1)N(C(=O)C(CCN)c1ccc(Cl)c(Cl)c1)c1ccc2c(=O)[nH]cnc2c1. The number of ether oxygens (including phenoxy) is 1. The molecule has 59 heavy (non-hydrogen) atoms. The third-order valence-corrected chi connectivity index (χ3v) is 10.7. The molecule has 0 saturated carbocycles. The number of nitrogens with two attached hydrogens (primary N) is 1. The number of anilines is 2. The van der Waals surface area contributed by atoms with Crippen LogP contribution in [-0.2, 0) is 14.3 Å². The molecule has 2 atom stereocenters. The number of hydrogen-bond acceptors (Lipinski definition) is 9. The van der Waals surface area contributed by atoms with Gasteiger partial charge >= 0.3 is 6.09 Å². The van der Waals surface area contributed by atoms with E-state index in [1.165, 1.54) is 36.9 Å². The molecule has 0 bridgehead atoms. The minimum atomic E-state index is -1.03. The molecule has 6 rings (SSSR count).